The van der Waals surface area contributed by atoms with Crippen LogP contribution in [0, 0.1) is 11.3 Å². The van der Waals surface area contributed by atoms with Gasteiger partial charge in [-0.1, -0.05) is 18.2 Å². The SMILES string of the molecule is COCc1c(C(=O)OCC(=O)/C(C#N)=C(\C)N)oc2ccccc12. The van der Waals surface area contributed by atoms with Crippen molar-refractivity contribution in [2.24, 2.45) is 5.73 Å². The number of ether oxygens (including phenoxy) is 2. The summed E-state index contributed by atoms with van der Waals surface area (Å²) in [5.41, 5.74) is 6.33. The molecule has 2 rings (SSSR count). The molecule has 0 amide bonds. The van der Waals surface area contributed by atoms with Crippen LogP contribution in [0.3, 0.4) is 0 Å². The van der Waals surface area contributed by atoms with Crippen LogP contribution in [0.15, 0.2) is 40.0 Å². The van der Waals surface area contributed by atoms with E-state index < -0.39 is 18.4 Å². The first kappa shape index (κ1) is 17.2. The predicted molar refractivity (Wildman–Crippen MR) is 84.7 cm³/mol. The van der Waals surface area contributed by atoms with Gasteiger partial charge in [-0.15, -0.1) is 0 Å². The summed E-state index contributed by atoms with van der Waals surface area (Å²) in [6.07, 6.45) is 0. The molecule has 1 heterocycles. The van der Waals surface area contributed by atoms with E-state index in [0.29, 0.717) is 11.1 Å². The molecule has 0 radical (unpaired) electrons. The van der Waals surface area contributed by atoms with Crippen molar-refractivity contribution in [1.29, 1.82) is 5.26 Å². The number of nitrogens with two attached hydrogens (primary N) is 1. The number of ketones is 1. The van der Waals surface area contributed by atoms with Crippen molar-refractivity contribution < 1.29 is 23.5 Å². The molecule has 0 aliphatic heterocycles. The molecule has 1 aromatic carbocycles. The van der Waals surface area contributed by atoms with Gasteiger partial charge in [0, 0.05) is 23.8 Å². The van der Waals surface area contributed by atoms with Crippen molar-refractivity contribution in [1.82, 2.24) is 0 Å². The number of rotatable bonds is 6. The number of fused-ring (bicyclic) bond motifs is 1. The molecule has 24 heavy (non-hydrogen) atoms. The van der Waals surface area contributed by atoms with Crippen LogP contribution in [0.25, 0.3) is 11.0 Å². The van der Waals surface area contributed by atoms with Crippen LogP contribution in [0.5, 0.6) is 0 Å². The second kappa shape index (κ2) is 7.44. The second-order valence-corrected chi connectivity index (χ2v) is 5.01. The first-order valence-electron chi connectivity index (χ1n) is 7.05. The van der Waals surface area contributed by atoms with Crippen LogP contribution < -0.4 is 5.73 Å². The third-order valence-corrected chi connectivity index (χ3v) is 3.29. The summed E-state index contributed by atoms with van der Waals surface area (Å²) in [5.74, 6) is -1.51. The Morgan fingerprint density at radius 2 is 2.04 bits per heavy atom. The molecule has 0 fully saturated rings. The Bertz CT molecular complexity index is 853. The Labute approximate surface area is 138 Å². The van der Waals surface area contributed by atoms with Gasteiger partial charge in [0.05, 0.1) is 6.61 Å². The highest BCUT2D eigenvalue weighted by Crippen LogP contribution is 2.27. The van der Waals surface area contributed by atoms with Gasteiger partial charge in [-0.2, -0.15) is 5.26 Å². The number of benzene rings is 1. The summed E-state index contributed by atoms with van der Waals surface area (Å²) in [5, 5.41) is 9.60. The predicted octanol–water partition coefficient (Wildman–Crippen LogP) is 2.06. The van der Waals surface area contributed by atoms with Crippen LogP contribution in [0.4, 0.5) is 0 Å². The number of para-hydroxylation sites is 1. The third kappa shape index (κ3) is 3.45. The van der Waals surface area contributed by atoms with E-state index in [-0.39, 0.29) is 23.6 Å². The van der Waals surface area contributed by atoms with Gasteiger partial charge in [-0.05, 0) is 13.0 Å². The zero-order valence-corrected chi connectivity index (χ0v) is 13.3. The molecule has 0 bridgehead atoms. The van der Waals surface area contributed by atoms with E-state index in [2.05, 4.69) is 0 Å². The highest BCUT2D eigenvalue weighted by atomic mass is 16.5. The Balaban J connectivity index is 2.23. The minimum absolute atomic E-state index is 0.0298. The molecule has 1 aromatic heterocycles. The molecule has 0 aliphatic rings. The Hall–Kier alpha value is -3.11. The summed E-state index contributed by atoms with van der Waals surface area (Å²) < 4.78 is 15.6. The molecular weight excluding hydrogens is 312 g/mol. The van der Waals surface area contributed by atoms with Crippen molar-refractivity contribution in [2.45, 2.75) is 13.5 Å². The molecule has 7 nitrogen and oxygen atoms in total. The molecule has 0 unspecified atom stereocenters. The average molecular weight is 328 g/mol. The molecule has 124 valence electrons. The lowest BCUT2D eigenvalue weighted by Gasteiger charge is -2.04. The lowest BCUT2D eigenvalue weighted by molar-refractivity contribution is -0.118. The lowest BCUT2D eigenvalue weighted by atomic mass is 10.1. The van der Waals surface area contributed by atoms with E-state index in [4.69, 9.17) is 24.9 Å². The van der Waals surface area contributed by atoms with Crippen LogP contribution >= 0.6 is 0 Å². The number of nitrogens with zero attached hydrogens (tertiary/aromatic N) is 1. The topological polar surface area (TPSA) is 116 Å². The summed E-state index contributed by atoms with van der Waals surface area (Å²) in [4.78, 5) is 24.1. The van der Waals surface area contributed by atoms with Crippen molar-refractivity contribution in [3.8, 4) is 6.07 Å². The number of methoxy groups -OCH3 is 1. The van der Waals surface area contributed by atoms with E-state index in [1.165, 1.54) is 14.0 Å². The monoisotopic (exact) mass is 328 g/mol. The zero-order chi connectivity index (χ0) is 17.7. The van der Waals surface area contributed by atoms with Gasteiger partial charge in [-0.3, -0.25) is 4.79 Å². The van der Waals surface area contributed by atoms with Crippen molar-refractivity contribution >= 4 is 22.7 Å². The maximum Gasteiger partial charge on any atom is 0.375 e. The maximum absolute atomic E-state index is 12.2. The zero-order valence-electron chi connectivity index (χ0n) is 13.3. The standard InChI is InChI=1S/C17H16N2O5/c1-10(19)12(7-18)14(20)9-23-17(21)16-13(8-22-2)11-5-3-4-6-15(11)24-16/h3-6H,8-9,19H2,1-2H3/b12-10+. The molecule has 0 atom stereocenters. The Morgan fingerprint density at radius 3 is 2.67 bits per heavy atom. The number of furan rings is 1. The Morgan fingerprint density at radius 1 is 1.33 bits per heavy atom. The van der Waals surface area contributed by atoms with Crippen molar-refractivity contribution in [2.75, 3.05) is 13.7 Å². The number of hydrogen-bond donors (Lipinski definition) is 1. The molecule has 2 N–H and O–H groups in total. The van der Waals surface area contributed by atoms with Crippen LogP contribution in [-0.2, 0) is 20.9 Å². The van der Waals surface area contributed by atoms with E-state index in [0.717, 1.165) is 5.39 Å². The van der Waals surface area contributed by atoms with E-state index in [1.807, 2.05) is 6.07 Å². The molecular formula is C17H16N2O5. The van der Waals surface area contributed by atoms with Gasteiger partial charge in [0.2, 0.25) is 11.5 Å². The summed E-state index contributed by atoms with van der Waals surface area (Å²) in [6.45, 7) is 0.981. The fraction of sp³-hybridized carbons (Fsp3) is 0.235. The fourth-order valence-corrected chi connectivity index (χ4v) is 2.19. The molecule has 7 heteroatoms. The number of esters is 1. The summed E-state index contributed by atoms with van der Waals surface area (Å²) in [6, 6.07) is 8.78. The van der Waals surface area contributed by atoms with Gasteiger partial charge in [-0.25, -0.2) is 4.79 Å². The van der Waals surface area contributed by atoms with Crippen LogP contribution in [0.2, 0.25) is 0 Å². The largest absolute Gasteiger partial charge is 0.451 e. The highest BCUT2D eigenvalue weighted by molar-refractivity contribution is 6.02. The fourth-order valence-electron chi connectivity index (χ4n) is 2.19. The van der Waals surface area contributed by atoms with Gasteiger partial charge in [0.25, 0.3) is 0 Å². The van der Waals surface area contributed by atoms with Gasteiger partial charge < -0.3 is 19.6 Å². The molecule has 0 spiro atoms. The molecule has 2 aromatic rings. The Kier molecular flexibility index (Phi) is 5.35. The smallest absolute Gasteiger partial charge is 0.375 e. The van der Waals surface area contributed by atoms with Crippen molar-refractivity contribution in [3.63, 3.8) is 0 Å². The van der Waals surface area contributed by atoms with Crippen LogP contribution in [-0.4, -0.2) is 25.5 Å². The molecule has 0 aliphatic carbocycles. The second-order valence-electron chi connectivity index (χ2n) is 5.01. The quantitative estimate of drug-likeness (QED) is 0.490. The number of Topliss-reactive ketones (excluding diaryl/α,β-unsaturated/α-hetero) is 1. The lowest BCUT2D eigenvalue weighted by Crippen LogP contribution is -2.18. The third-order valence-electron chi connectivity index (χ3n) is 3.29. The minimum atomic E-state index is -0.807. The first-order valence-corrected chi connectivity index (χ1v) is 7.05. The number of allylic oxidation sites excluding steroid dienone is 1. The van der Waals surface area contributed by atoms with Gasteiger partial charge >= 0.3 is 5.97 Å². The number of hydrogen-bond acceptors (Lipinski definition) is 7. The highest BCUT2D eigenvalue weighted by Gasteiger charge is 2.23. The number of nitriles is 1. The summed E-state index contributed by atoms with van der Waals surface area (Å²) >= 11 is 0. The van der Waals surface area contributed by atoms with Crippen molar-refractivity contribution in [3.05, 3.63) is 46.9 Å². The van der Waals surface area contributed by atoms with Gasteiger partial charge in [0.1, 0.15) is 17.2 Å². The average Bonchev–Trinajstić information content (AvgIpc) is 2.92. The normalized spacial score (nSPS) is 11.7. The minimum Gasteiger partial charge on any atom is -0.451 e. The number of carbonyl (C=O) groups excluding carboxylic acids is 2. The first-order chi connectivity index (χ1) is 11.5. The molecule has 0 saturated heterocycles. The maximum atomic E-state index is 12.2. The summed E-state index contributed by atoms with van der Waals surface area (Å²) in [7, 11) is 1.49. The van der Waals surface area contributed by atoms with Crippen LogP contribution in [0.1, 0.15) is 23.0 Å². The molecule has 0 saturated carbocycles. The van der Waals surface area contributed by atoms with E-state index >= 15 is 0 Å². The number of carbonyl (C=O) groups is 2. The van der Waals surface area contributed by atoms with E-state index in [9.17, 15) is 9.59 Å². The van der Waals surface area contributed by atoms with E-state index in [1.54, 1.807) is 24.3 Å². The van der Waals surface area contributed by atoms with Gasteiger partial charge in [0.15, 0.2) is 6.61 Å².